The zero-order valence-electron chi connectivity index (χ0n) is 9.07. The molecule has 0 saturated heterocycles. The first kappa shape index (κ1) is 13.2. The molecule has 0 aliphatic rings. The summed E-state index contributed by atoms with van der Waals surface area (Å²) in [5, 5.41) is 0. The Morgan fingerprint density at radius 3 is 2.50 bits per heavy atom. The Labute approximate surface area is 102 Å². The summed E-state index contributed by atoms with van der Waals surface area (Å²) in [6.45, 7) is 0.551. The number of ether oxygens (including phenoxy) is 3. The second-order valence-electron chi connectivity index (χ2n) is 3.04. The number of carbonyl (C=O) groups excluding carboxylic acids is 1. The van der Waals surface area contributed by atoms with Crippen molar-refractivity contribution in [2.45, 2.75) is 6.10 Å². The van der Waals surface area contributed by atoms with E-state index in [1.165, 1.54) is 20.5 Å². The molecule has 0 atom stereocenters. The molecule has 16 heavy (non-hydrogen) atoms. The van der Waals surface area contributed by atoms with Crippen LogP contribution in [0.1, 0.15) is 10.6 Å². The van der Waals surface area contributed by atoms with Crippen LogP contribution in [0.5, 0.6) is 0 Å². The SMILES string of the molecule is COCC(COC)OC(=O)c1occc1Br. The lowest BCUT2D eigenvalue weighted by atomic mass is 10.4. The molecule has 0 fully saturated rings. The topological polar surface area (TPSA) is 57.9 Å². The van der Waals surface area contributed by atoms with Gasteiger partial charge in [-0.1, -0.05) is 0 Å². The maximum absolute atomic E-state index is 11.6. The minimum Gasteiger partial charge on any atom is -0.456 e. The lowest BCUT2D eigenvalue weighted by molar-refractivity contribution is -0.0245. The van der Waals surface area contributed by atoms with Gasteiger partial charge >= 0.3 is 5.97 Å². The van der Waals surface area contributed by atoms with Gasteiger partial charge in [-0.2, -0.15) is 0 Å². The normalized spacial score (nSPS) is 10.8. The second kappa shape index (κ2) is 6.67. The van der Waals surface area contributed by atoms with Crippen molar-refractivity contribution in [2.24, 2.45) is 0 Å². The number of rotatable bonds is 6. The highest BCUT2D eigenvalue weighted by molar-refractivity contribution is 9.10. The van der Waals surface area contributed by atoms with Crippen molar-refractivity contribution in [1.29, 1.82) is 0 Å². The molecule has 5 nitrogen and oxygen atoms in total. The molecule has 1 rings (SSSR count). The highest BCUT2D eigenvalue weighted by atomic mass is 79.9. The Hall–Kier alpha value is -0.850. The maximum atomic E-state index is 11.6. The number of hydrogen-bond acceptors (Lipinski definition) is 5. The monoisotopic (exact) mass is 292 g/mol. The predicted octanol–water partition coefficient (Wildman–Crippen LogP) is 1.86. The van der Waals surface area contributed by atoms with E-state index < -0.39 is 12.1 Å². The van der Waals surface area contributed by atoms with Crippen molar-refractivity contribution in [3.63, 3.8) is 0 Å². The van der Waals surface area contributed by atoms with Gasteiger partial charge in [-0.15, -0.1) is 0 Å². The molecule has 1 aromatic rings. The predicted molar refractivity (Wildman–Crippen MR) is 59.4 cm³/mol. The van der Waals surface area contributed by atoms with E-state index in [1.54, 1.807) is 6.07 Å². The van der Waals surface area contributed by atoms with Crippen LogP contribution >= 0.6 is 15.9 Å². The molecular formula is C10H13BrO5. The summed E-state index contributed by atoms with van der Waals surface area (Å²) in [4.78, 5) is 11.6. The van der Waals surface area contributed by atoms with Gasteiger partial charge < -0.3 is 18.6 Å². The summed E-state index contributed by atoms with van der Waals surface area (Å²) in [5.74, 6) is -0.409. The first-order valence-corrected chi connectivity index (χ1v) is 5.40. The van der Waals surface area contributed by atoms with Crippen LogP contribution in [-0.2, 0) is 14.2 Å². The lowest BCUT2D eigenvalue weighted by Gasteiger charge is -2.15. The first-order valence-electron chi connectivity index (χ1n) is 4.61. The van der Waals surface area contributed by atoms with E-state index >= 15 is 0 Å². The van der Waals surface area contributed by atoms with Gasteiger partial charge in [0, 0.05) is 14.2 Å². The van der Waals surface area contributed by atoms with Crippen LogP contribution in [0, 0.1) is 0 Å². The lowest BCUT2D eigenvalue weighted by Crippen LogP contribution is -2.27. The number of furan rings is 1. The molecule has 0 aromatic carbocycles. The summed E-state index contributed by atoms with van der Waals surface area (Å²) in [7, 11) is 3.05. The average molecular weight is 293 g/mol. The van der Waals surface area contributed by atoms with Crippen molar-refractivity contribution >= 4 is 21.9 Å². The summed E-state index contributed by atoms with van der Waals surface area (Å²) in [6.07, 6.45) is 0.960. The second-order valence-corrected chi connectivity index (χ2v) is 3.89. The highest BCUT2D eigenvalue weighted by Crippen LogP contribution is 2.19. The molecule has 6 heteroatoms. The van der Waals surface area contributed by atoms with Crippen LogP contribution in [0.4, 0.5) is 0 Å². The number of methoxy groups -OCH3 is 2. The molecule has 0 saturated carbocycles. The van der Waals surface area contributed by atoms with Crippen LogP contribution in [0.15, 0.2) is 21.2 Å². The first-order chi connectivity index (χ1) is 7.69. The third kappa shape index (κ3) is 3.62. The van der Waals surface area contributed by atoms with Crippen LogP contribution in [0.25, 0.3) is 0 Å². The van der Waals surface area contributed by atoms with Gasteiger partial charge in [0.15, 0.2) is 0 Å². The van der Waals surface area contributed by atoms with E-state index in [4.69, 9.17) is 18.6 Å². The summed E-state index contributed by atoms with van der Waals surface area (Å²) < 4.78 is 20.5. The molecule has 0 radical (unpaired) electrons. The van der Waals surface area contributed by atoms with E-state index in [9.17, 15) is 4.79 Å². The van der Waals surface area contributed by atoms with Gasteiger partial charge in [0.25, 0.3) is 0 Å². The third-order valence-corrected chi connectivity index (χ3v) is 2.41. The van der Waals surface area contributed by atoms with Crippen LogP contribution in [-0.4, -0.2) is 39.5 Å². The molecule has 1 aromatic heterocycles. The Bertz CT molecular complexity index is 330. The van der Waals surface area contributed by atoms with E-state index in [2.05, 4.69) is 15.9 Å². The quantitative estimate of drug-likeness (QED) is 0.749. The molecule has 90 valence electrons. The van der Waals surface area contributed by atoms with Crippen molar-refractivity contribution in [1.82, 2.24) is 0 Å². The molecule has 0 bridgehead atoms. The van der Waals surface area contributed by atoms with Crippen molar-refractivity contribution in [3.05, 3.63) is 22.6 Å². The van der Waals surface area contributed by atoms with Crippen molar-refractivity contribution in [3.8, 4) is 0 Å². The zero-order chi connectivity index (χ0) is 12.0. The molecule has 0 spiro atoms. The zero-order valence-corrected chi connectivity index (χ0v) is 10.7. The Balaban J connectivity index is 2.58. The third-order valence-electron chi connectivity index (χ3n) is 1.78. The average Bonchev–Trinajstić information content (AvgIpc) is 2.65. The largest absolute Gasteiger partial charge is 0.456 e. The minimum atomic E-state index is -0.545. The summed E-state index contributed by atoms with van der Waals surface area (Å²) in [5.41, 5.74) is 0. The van der Waals surface area contributed by atoms with Gasteiger partial charge in [-0.05, 0) is 22.0 Å². The maximum Gasteiger partial charge on any atom is 0.375 e. The van der Waals surface area contributed by atoms with Gasteiger partial charge in [0.1, 0.15) is 6.10 Å². The standard InChI is InChI=1S/C10H13BrO5/c1-13-5-7(6-14-2)16-10(12)9-8(11)3-4-15-9/h3-4,7H,5-6H2,1-2H3. The van der Waals surface area contributed by atoms with Gasteiger partial charge in [0.05, 0.1) is 23.9 Å². The Morgan fingerprint density at radius 1 is 1.44 bits per heavy atom. The number of esters is 1. The molecule has 0 N–H and O–H groups in total. The van der Waals surface area contributed by atoms with Crippen molar-refractivity contribution in [2.75, 3.05) is 27.4 Å². The fraction of sp³-hybridized carbons (Fsp3) is 0.500. The number of carbonyl (C=O) groups is 1. The van der Waals surface area contributed by atoms with E-state index in [0.29, 0.717) is 4.47 Å². The highest BCUT2D eigenvalue weighted by Gasteiger charge is 2.20. The molecule has 0 unspecified atom stereocenters. The van der Waals surface area contributed by atoms with Crippen LogP contribution < -0.4 is 0 Å². The van der Waals surface area contributed by atoms with Crippen LogP contribution in [0.3, 0.4) is 0 Å². The fourth-order valence-corrected chi connectivity index (χ4v) is 1.50. The van der Waals surface area contributed by atoms with E-state index in [1.807, 2.05) is 0 Å². The molecule has 0 aliphatic carbocycles. The van der Waals surface area contributed by atoms with Gasteiger partial charge in [-0.3, -0.25) is 0 Å². The molecule has 0 aliphatic heterocycles. The summed E-state index contributed by atoms with van der Waals surface area (Å²) in [6, 6.07) is 1.62. The Morgan fingerprint density at radius 2 is 2.06 bits per heavy atom. The Kier molecular flexibility index (Phi) is 5.51. The number of halogens is 1. The van der Waals surface area contributed by atoms with E-state index in [-0.39, 0.29) is 19.0 Å². The van der Waals surface area contributed by atoms with Crippen molar-refractivity contribution < 1.29 is 23.4 Å². The molecular weight excluding hydrogens is 280 g/mol. The van der Waals surface area contributed by atoms with Gasteiger partial charge in [-0.25, -0.2) is 4.79 Å². The van der Waals surface area contributed by atoms with E-state index in [0.717, 1.165) is 0 Å². The van der Waals surface area contributed by atoms with Crippen LogP contribution in [0.2, 0.25) is 0 Å². The smallest absolute Gasteiger partial charge is 0.375 e. The fourth-order valence-electron chi connectivity index (χ4n) is 1.13. The summed E-state index contributed by atoms with van der Waals surface area (Å²) >= 11 is 3.18. The minimum absolute atomic E-state index is 0.136. The molecule has 0 amide bonds. The molecule has 1 heterocycles. The van der Waals surface area contributed by atoms with Gasteiger partial charge in [0.2, 0.25) is 5.76 Å². The number of hydrogen-bond donors (Lipinski definition) is 0.